The number of amides is 1. The number of piperidine rings is 1. The maximum atomic E-state index is 12.6. The van der Waals surface area contributed by atoms with Gasteiger partial charge in [0.25, 0.3) is 0 Å². The third-order valence-corrected chi connectivity index (χ3v) is 6.61. The highest BCUT2D eigenvalue weighted by molar-refractivity contribution is 5.81. The molecule has 0 aromatic heterocycles. The van der Waals surface area contributed by atoms with Gasteiger partial charge in [-0.2, -0.15) is 0 Å². The summed E-state index contributed by atoms with van der Waals surface area (Å²) < 4.78 is 0. The fourth-order valence-electron chi connectivity index (χ4n) is 4.87. The van der Waals surface area contributed by atoms with Crippen molar-refractivity contribution in [3.63, 3.8) is 0 Å². The highest BCUT2D eigenvalue weighted by Crippen LogP contribution is 2.27. The minimum Gasteiger partial charge on any atom is -0.356 e. The summed E-state index contributed by atoms with van der Waals surface area (Å²) in [5, 5.41) is 7.08. The van der Waals surface area contributed by atoms with E-state index in [1.807, 2.05) is 7.05 Å². The minimum atomic E-state index is 0.288. The maximum absolute atomic E-state index is 12.6. The van der Waals surface area contributed by atoms with Gasteiger partial charge in [0, 0.05) is 51.2 Å². The van der Waals surface area contributed by atoms with Crippen LogP contribution in [-0.4, -0.2) is 73.5 Å². The zero-order chi connectivity index (χ0) is 19.2. The van der Waals surface area contributed by atoms with Crippen molar-refractivity contribution in [3.05, 3.63) is 0 Å². The van der Waals surface area contributed by atoms with Crippen LogP contribution in [0.15, 0.2) is 4.99 Å². The molecule has 3 rings (SSSR count). The lowest BCUT2D eigenvalue weighted by Crippen LogP contribution is -2.49. The molecule has 3 fully saturated rings. The number of likely N-dealkylation sites (tertiary alicyclic amines) is 2. The van der Waals surface area contributed by atoms with Gasteiger partial charge in [-0.1, -0.05) is 12.8 Å². The fourth-order valence-corrected chi connectivity index (χ4v) is 4.87. The molecule has 1 aliphatic carbocycles. The molecule has 27 heavy (non-hydrogen) atoms. The summed E-state index contributed by atoms with van der Waals surface area (Å²) in [6.45, 7) is 9.66. The fraction of sp³-hybridized carbons (Fsp3) is 0.905. The summed E-state index contributed by atoms with van der Waals surface area (Å²) in [5.74, 6) is 2.24. The highest BCUT2D eigenvalue weighted by atomic mass is 16.2. The van der Waals surface area contributed by atoms with Crippen LogP contribution >= 0.6 is 0 Å². The van der Waals surface area contributed by atoms with Crippen molar-refractivity contribution in [2.45, 2.75) is 70.9 Å². The van der Waals surface area contributed by atoms with E-state index in [4.69, 9.17) is 0 Å². The van der Waals surface area contributed by atoms with Gasteiger partial charge in [-0.3, -0.25) is 9.79 Å². The third-order valence-electron chi connectivity index (χ3n) is 6.61. The van der Waals surface area contributed by atoms with Gasteiger partial charge in [-0.15, -0.1) is 0 Å². The van der Waals surface area contributed by atoms with Crippen molar-refractivity contribution < 1.29 is 4.79 Å². The first-order valence-corrected chi connectivity index (χ1v) is 11.1. The molecule has 2 heterocycles. The molecule has 0 spiro atoms. The molecule has 0 aromatic rings. The largest absolute Gasteiger partial charge is 0.356 e. The van der Waals surface area contributed by atoms with E-state index in [0.29, 0.717) is 23.9 Å². The van der Waals surface area contributed by atoms with Gasteiger partial charge in [0.1, 0.15) is 0 Å². The van der Waals surface area contributed by atoms with Crippen molar-refractivity contribution in [3.8, 4) is 0 Å². The average Bonchev–Trinajstić information content (AvgIpc) is 3.37. The Kier molecular flexibility index (Phi) is 7.39. The highest BCUT2D eigenvalue weighted by Gasteiger charge is 2.32. The molecule has 3 aliphatic rings. The standard InChI is InChI=1S/C21H39N5O/c1-16(2)25-11-6-7-17(14-25)13-23-21(22-3)24-19-10-12-26(15-19)20(27)18-8-4-5-9-18/h16-19H,4-15H2,1-3H3,(H2,22,23,24). The van der Waals surface area contributed by atoms with Gasteiger partial charge in [-0.05, 0) is 58.4 Å². The van der Waals surface area contributed by atoms with E-state index in [2.05, 4.69) is 39.3 Å². The second-order valence-electron chi connectivity index (χ2n) is 8.95. The zero-order valence-electron chi connectivity index (χ0n) is 17.5. The number of hydrogen-bond donors (Lipinski definition) is 2. The first-order valence-electron chi connectivity index (χ1n) is 11.1. The van der Waals surface area contributed by atoms with Crippen LogP contribution in [0.25, 0.3) is 0 Å². The maximum Gasteiger partial charge on any atom is 0.225 e. The number of nitrogens with one attached hydrogen (secondary N) is 2. The predicted molar refractivity (Wildman–Crippen MR) is 111 cm³/mol. The first kappa shape index (κ1) is 20.4. The summed E-state index contributed by atoms with van der Waals surface area (Å²) in [7, 11) is 1.84. The summed E-state index contributed by atoms with van der Waals surface area (Å²) in [6.07, 6.45) is 8.22. The second kappa shape index (κ2) is 9.76. The lowest BCUT2D eigenvalue weighted by Gasteiger charge is -2.35. The number of carbonyl (C=O) groups excluding carboxylic acids is 1. The van der Waals surface area contributed by atoms with Crippen molar-refractivity contribution in [1.29, 1.82) is 0 Å². The normalized spacial score (nSPS) is 28.1. The van der Waals surface area contributed by atoms with E-state index in [-0.39, 0.29) is 5.92 Å². The third kappa shape index (κ3) is 5.59. The SMILES string of the molecule is CN=C(NCC1CCCN(C(C)C)C1)NC1CCN(C(=O)C2CCCC2)C1. The molecule has 2 N–H and O–H groups in total. The first-order chi connectivity index (χ1) is 13.1. The minimum absolute atomic E-state index is 0.288. The monoisotopic (exact) mass is 377 g/mol. The lowest BCUT2D eigenvalue weighted by atomic mass is 9.97. The van der Waals surface area contributed by atoms with Crippen LogP contribution in [0.2, 0.25) is 0 Å². The number of hydrogen-bond acceptors (Lipinski definition) is 3. The molecule has 0 bridgehead atoms. The van der Waals surface area contributed by atoms with Gasteiger partial charge >= 0.3 is 0 Å². The Morgan fingerprint density at radius 2 is 1.85 bits per heavy atom. The Labute approximate surface area is 165 Å². The summed E-state index contributed by atoms with van der Waals surface area (Å²) >= 11 is 0. The number of rotatable bonds is 5. The summed E-state index contributed by atoms with van der Waals surface area (Å²) in [4.78, 5) is 21.7. The number of aliphatic imine (C=N–C) groups is 1. The van der Waals surface area contributed by atoms with Crippen LogP contribution in [0.1, 0.15) is 58.8 Å². The number of guanidine groups is 1. The van der Waals surface area contributed by atoms with E-state index in [1.165, 1.54) is 38.8 Å². The summed E-state index contributed by atoms with van der Waals surface area (Å²) in [6, 6.07) is 0.951. The van der Waals surface area contributed by atoms with Crippen LogP contribution in [0.5, 0.6) is 0 Å². The van der Waals surface area contributed by atoms with Gasteiger partial charge in [0.15, 0.2) is 5.96 Å². The quantitative estimate of drug-likeness (QED) is 0.569. The van der Waals surface area contributed by atoms with Gasteiger partial charge in [0.05, 0.1) is 0 Å². The Bertz CT molecular complexity index is 515. The molecule has 6 heteroatoms. The molecule has 0 radical (unpaired) electrons. The van der Waals surface area contributed by atoms with Crippen LogP contribution in [0.4, 0.5) is 0 Å². The zero-order valence-corrected chi connectivity index (χ0v) is 17.5. The number of nitrogens with zero attached hydrogens (tertiary/aromatic N) is 3. The predicted octanol–water partition coefficient (Wildman–Crippen LogP) is 2.06. The Hall–Kier alpha value is -1.30. The van der Waals surface area contributed by atoms with Crippen LogP contribution < -0.4 is 10.6 Å². The molecule has 6 nitrogen and oxygen atoms in total. The van der Waals surface area contributed by atoms with Crippen molar-refractivity contribution in [1.82, 2.24) is 20.4 Å². The van der Waals surface area contributed by atoms with Crippen molar-refractivity contribution in [2.24, 2.45) is 16.8 Å². The Balaban J connectivity index is 1.41. The molecule has 2 saturated heterocycles. The van der Waals surface area contributed by atoms with Gasteiger partial charge in [-0.25, -0.2) is 0 Å². The van der Waals surface area contributed by atoms with Crippen molar-refractivity contribution >= 4 is 11.9 Å². The van der Waals surface area contributed by atoms with E-state index in [9.17, 15) is 4.79 Å². The smallest absolute Gasteiger partial charge is 0.225 e. The molecule has 0 aromatic carbocycles. The summed E-state index contributed by atoms with van der Waals surface area (Å²) in [5.41, 5.74) is 0. The second-order valence-corrected chi connectivity index (χ2v) is 8.95. The molecule has 1 saturated carbocycles. The molecular formula is C21H39N5O. The average molecular weight is 378 g/mol. The van der Waals surface area contributed by atoms with E-state index < -0.39 is 0 Å². The van der Waals surface area contributed by atoms with Crippen LogP contribution in [0, 0.1) is 11.8 Å². The molecule has 2 atom stereocenters. The molecular weight excluding hydrogens is 338 g/mol. The molecule has 2 unspecified atom stereocenters. The van der Waals surface area contributed by atoms with Gasteiger partial charge < -0.3 is 20.4 Å². The van der Waals surface area contributed by atoms with Gasteiger partial charge in [0.2, 0.25) is 5.91 Å². The topological polar surface area (TPSA) is 60.0 Å². The van der Waals surface area contributed by atoms with E-state index >= 15 is 0 Å². The molecule has 1 amide bonds. The Morgan fingerprint density at radius 3 is 2.56 bits per heavy atom. The van der Waals surface area contributed by atoms with Crippen LogP contribution in [0.3, 0.4) is 0 Å². The van der Waals surface area contributed by atoms with Crippen LogP contribution in [-0.2, 0) is 4.79 Å². The molecule has 2 aliphatic heterocycles. The molecule has 154 valence electrons. The number of carbonyl (C=O) groups is 1. The van der Waals surface area contributed by atoms with Crippen molar-refractivity contribution in [2.75, 3.05) is 39.8 Å². The lowest BCUT2D eigenvalue weighted by molar-refractivity contribution is -0.134. The van der Waals surface area contributed by atoms with E-state index in [1.54, 1.807) is 0 Å². The Morgan fingerprint density at radius 1 is 1.07 bits per heavy atom. The van der Waals surface area contributed by atoms with E-state index in [0.717, 1.165) is 44.9 Å².